The summed E-state index contributed by atoms with van der Waals surface area (Å²) in [5.41, 5.74) is 15.3. The van der Waals surface area contributed by atoms with Crippen molar-refractivity contribution in [2.24, 2.45) is 22.2 Å². The molecule has 7 heteroatoms. The Labute approximate surface area is 86.9 Å². The van der Waals surface area contributed by atoms with Gasteiger partial charge in [-0.15, -0.1) is 17.0 Å². The van der Waals surface area contributed by atoms with E-state index in [1.807, 2.05) is 0 Å². The first-order valence-electron chi connectivity index (χ1n) is 3.58. The molecule has 0 bridgehead atoms. The minimum absolute atomic E-state index is 0. The number of guanidine groups is 1. The van der Waals surface area contributed by atoms with Gasteiger partial charge in [0.25, 0.3) is 0 Å². The fourth-order valence-corrected chi connectivity index (χ4v) is 0.643. The first kappa shape index (κ1) is 14.7. The first-order chi connectivity index (χ1) is 5.54. The van der Waals surface area contributed by atoms with Gasteiger partial charge in [-0.1, -0.05) is 0 Å². The largest absolute Gasteiger partial charge is 0.480 e. The van der Waals surface area contributed by atoms with Crippen LogP contribution in [0.2, 0.25) is 0 Å². The second kappa shape index (κ2) is 7.81. The van der Waals surface area contributed by atoms with E-state index in [9.17, 15) is 4.79 Å². The number of rotatable bonds is 5. The van der Waals surface area contributed by atoms with E-state index in [4.69, 9.17) is 22.3 Å². The second-order valence-corrected chi connectivity index (χ2v) is 2.39. The Kier molecular flexibility index (Phi) is 8.83. The Morgan fingerprint density at radius 3 is 2.38 bits per heavy atom. The van der Waals surface area contributed by atoms with Crippen molar-refractivity contribution in [1.29, 1.82) is 0 Å². The number of aliphatic imine (C=N–C) groups is 1. The monoisotopic (exact) mass is 254 g/mol. The van der Waals surface area contributed by atoms with Gasteiger partial charge in [-0.25, -0.2) is 0 Å². The molecule has 0 aromatic heterocycles. The van der Waals surface area contributed by atoms with Crippen molar-refractivity contribution < 1.29 is 9.90 Å². The molecule has 0 saturated carbocycles. The van der Waals surface area contributed by atoms with Crippen LogP contribution in [0, 0.1) is 0 Å². The van der Waals surface area contributed by atoms with Crippen molar-refractivity contribution in [3.63, 3.8) is 0 Å². The highest BCUT2D eigenvalue weighted by molar-refractivity contribution is 8.93. The van der Waals surface area contributed by atoms with Crippen LogP contribution in [0.1, 0.15) is 12.8 Å². The smallest absolute Gasteiger partial charge is 0.320 e. The van der Waals surface area contributed by atoms with Crippen LogP contribution in [-0.4, -0.2) is 29.6 Å². The fraction of sp³-hybridized carbons (Fsp3) is 0.667. The van der Waals surface area contributed by atoms with Crippen molar-refractivity contribution in [2.45, 2.75) is 18.9 Å². The molecule has 0 aliphatic rings. The zero-order valence-electron chi connectivity index (χ0n) is 7.14. The van der Waals surface area contributed by atoms with E-state index in [0.29, 0.717) is 19.4 Å². The molecule has 0 aliphatic carbocycles. The summed E-state index contributed by atoms with van der Waals surface area (Å²) in [5.74, 6) is -0.987. The maximum absolute atomic E-state index is 10.2. The molecule has 0 fully saturated rings. The van der Waals surface area contributed by atoms with Crippen LogP contribution in [0.5, 0.6) is 0 Å². The normalized spacial score (nSPS) is 11.2. The number of carboxylic acid groups (broad SMARTS) is 1. The lowest BCUT2D eigenvalue weighted by atomic mass is 10.2. The van der Waals surface area contributed by atoms with E-state index in [2.05, 4.69) is 4.99 Å². The number of carboxylic acids is 1. The topological polar surface area (TPSA) is 128 Å². The van der Waals surface area contributed by atoms with E-state index < -0.39 is 12.0 Å². The summed E-state index contributed by atoms with van der Waals surface area (Å²) in [4.78, 5) is 13.9. The molecule has 1 atom stereocenters. The summed E-state index contributed by atoms with van der Waals surface area (Å²) in [6, 6.07) is -0.820. The summed E-state index contributed by atoms with van der Waals surface area (Å²) in [5, 5.41) is 8.38. The zero-order chi connectivity index (χ0) is 9.56. The third-order valence-corrected chi connectivity index (χ3v) is 1.28. The second-order valence-electron chi connectivity index (χ2n) is 2.39. The third kappa shape index (κ3) is 9.09. The summed E-state index contributed by atoms with van der Waals surface area (Å²) < 4.78 is 0. The van der Waals surface area contributed by atoms with Gasteiger partial charge in [0.1, 0.15) is 6.04 Å². The van der Waals surface area contributed by atoms with E-state index in [0.717, 1.165) is 0 Å². The van der Waals surface area contributed by atoms with E-state index in [1.165, 1.54) is 0 Å². The SMILES string of the molecule is Br.NC(N)=NCCC[C@@H](N)C(=O)O. The van der Waals surface area contributed by atoms with Crippen molar-refractivity contribution in [2.75, 3.05) is 6.54 Å². The number of halogens is 1. The molecule has 0 radical (unpaired) electrons. The zero-order valence-corrected chi connectivity index (χ0v) is 8.85. The molecule has 0 spiro atoms. The number of hydrogen-bond acceptors (Lipinski definition) is 3. The predicted octanol–water partition coefficient (Wildman–Crippen LogP) is -0.970. The summed E-state index contributed by atoms with van der Waals surface area (Å²) in [6.07, 6.45) is 0.956. The number of aliphatic carboxylic acids is 1. The molecule has 7 N–H and O–H groups in total. The minimum Gasteiger partial charge on any atom is -0.480 e. The molecule has 78 valence electrons. The lowest BCUT2D eigenvalue weighted by Crippen LogP contribution is -2.30. The Hall–Kier alpha value is -0.820. The van der Waals surface area contributed by atoms with Crippen molar-refractivity contribution >= 4 is 28.9 Å². The van der Waals surface area contributed by atoms with E-state index in [1.54, 1.807) is 0 Å². The van der Waals surface area contributed by atoms with Gasteiger partial charge in [-0.3, -0.25) is 9.79 Å². The van der Waals surface area contributed by atoms with Crippen LogP contribution in [0.4, 0.5) is 0 Å². The highest BCUT2D eigenvalue weighted by atomic mass is 79.9. The lowest BCUT2D eigenvalue weighted by Gasteiger charge is -2.03. The molecule has 0 aliphatic heterocycles. The Bertz CT molecular complexity index is 181. The summed E-state index contributed by atoms with van der Waals surface area (Å²) >= 11 is 0. The summed E-state index contributed by atoms with van der Waals surface area (Å²) in [7, 11) is 0. The third-order valence-electron chi connectivity index (χ3n) is 1.28. The van der Waals surface area contributed by atoms with Crippen LogP contribution in [0.3, 0.4) is 0 Å². The Balaban J connectivity index is 0. The van der Waals surface area contributed by atoms with Crippen molar-refractivity contribution in [3.05, 3.63) is 0 Å². The van der Waals surface area contributed by atoms with Crippen LogP contribution in [0.15, 0.2) is 4.99 Å². The number of carbonyl (C=O) groups is 1. The van der Waals surface area contributed by atoms with Crippen LogP contribution in [-0.2, 0) is 4.79 Å². The quantitative estimate of drug-likeness (QED) is 0.285. The van der Waals surface area contributed by atoms with Gasteiger partial charge in [-0.05, 0) is 12.8 Å². The maximum Gasteiger partial charge on any atom is 0.320 e. The highest BCUT2D eigenvalue weighted by Crippen LogP contribution is 1.94. The van der Waals surface area contributed by atoms with Crippen LogP contribution >= 0.6 is 17.0 Å². The van der Waals surface area contributed by atoms with Gasteiger partial charge in [0.05, 0.1) is 0 Å². The predicted molar refractivity (Wildman–Crippen MR) is 55.8 cm³/mol. The standard InChI is InChI=1S/C6H14N4O2.BrH/c7-4(5(11)12)2-1-3-10-6(8)9;/h4H,1-3,7H2,(H,11,12)(H4,8,9,10);1H/t4-;/m1./s1. The summed E-state index contributed by atoms with van der Waals surface area (Å²) in [6.45, 7) is 0.420. The minimum atomic E-state index is -1.00. The van der Waals surface area contributed by atoms with E-state index >= 15 is 0 Å². The van der Waals surface area contributed by atoms with Crippen molar-refractivity contribution in [1.82, 2.24) is 0 Å². The average molecular weight is 255 g/mol. The van der Waals surface area contributed by atoms with E-state index in [-0.39, 0.29) is 22.9 Å². The van der Waals surface area contributed by atoms with Gasteiger partial charge in [0.15, 0.2) is 5.96 Å². The first-order valence-corrected chi connectivity index (χ1v) is 3.58. The average Bonchev–Trinajstić information content (AvgIpc) is 1.97. The van der Waals surface area contributed by atoms with Gasteiger partial charge in [-0.2, -0.15) is 0 Å². The van der Waals surface area contributed by atoms with Crippen LogP contribution in [0.25, 0.3) is 0 Å². The number of hydrogen-bond donors (Lipinski definition) is 4. The number of nitrogens with zero attached hydrogens (tertiary/aromatic N) is 1. The maximum atomic E-state index is 10.2. The number of nitrogens with two attached hydrogens (primary N) is 3. The molecule has 0 aromatic rings. The Morgan fingerprint density at radius 2 is 2.00 bits per heavy atom. The molecule has 0 saturated heterocycles. The van der Waals surface area contributed by atoms with Gasteiger partial charge in [0.2, 0.25) is 0 Å². The van der Waals surface area contributed by atoms with Gasteiger partial charge >= 0.3 is 5.97 Å². The molecular weight excluding hydrogens is 240 g/mol. The molecule has 0 heterocycles. The lowest BCUT2D eigenvalue weighted by molar-refractivity contribution is -0.138. The molecular formula is C6H15BrN4O2. The van der Waals surface area contributed by atoms with Gasteiger partial charge in [0, 0.05) is 6.54 Å². The molecule has 13 heavy (non-hydrogen) atoms. The van der Waals surface area contributed by atoms with Crippen LogP contribution < -0.4 is 17.2 Å². The fourth-order valence-electron chi connectivity index (χ4n) is 0.643. The molecule has 6 nitrogen and oxygen atoms in total. The molecule has 0 unspecified atom stereocenters. The molecule has 0 rings (SSSR count). The molecule has 0 aromatic carbocycles. The molecule has 0 amide bonds. The van der Waals surface area contributed by atoms with Crippen molar-refractivity contribution in [3.8, 4) is 0 Å². The Morgan fingerprint density at radius 1 is 1.46 bits per heavy atom. The van der Waals surface area contributed by atoms with Gasteiger partial charge < -0.3 is 22.3 Å². The highest BCUT2D eigenvalue weighted by Gasteiger charge is 2.09.